The fraction of sp³-hybridized carbons (Fsp3) is 0.368. The van der Waals surface area contributed by atoms with E-state index in [0.717, 1.165) is 5.69 Å². The van der Waals surface area contributed by atoms with E-state index in [-0.39, 0.29) is 24.2 Å². The Kier molecular flexibility index (Phi) is 4.69. The molecule has 0 bridgehead atoms. The lowest BCUT2D eigenvalue weighted by Gasteiger charge is -2.17. The highest BCUT2D eigenvalue weighted by molar-refractivity contribution is 6.00. The first-order chi connectivity index (χ1) is 11.5. The Morgan fingerprint density at radius 2 is 2.04 bits per heavy atom. The zero-order valence-corrected chi connectivity index (χ0v) is 14.0. The molecule has 0 aliphatic carbocycles. The van der Waals surface area contributed by atoms with Crippen molar-refractivity contribution in [2.24, 2.45) is 5.92 Å². The van der Waals surface area contributed by atoms with Crippen LogP contribution in [0.2, 0.25) is 0 Å². The van der Waals surface area contributed by atoms with Gasteiger partial charge in [-0.25, -0.2) is 0 Å². The summed E-state index contributed by atoms with van der Waals surface area (Å²) in [6.45, 7) is 5.04. The molecule has 2 aromatic rings. The van der Waals surface area contributed by atoms with Gasteiger partial charge >= 0.3 is 0 Å². The maximum atomic E-state index is 12.3. The number of hydrogen-bond donors (Lipinski definition) is 1. The predicted molar refractivity (Wildman–Crippen MR) is 91.5 cm³/mol. The Hall–Kier alpha value is -2.56. The van der Waals surface area contributed by atoms with Crippen LogP contribution in [0.15, 0.2) is 47.1 Å². The Labute approximate surface area is 141 Å². The van der Waals surface area contributed by atoms with Gasteiger partial charge in [0.25, 0.3) is 0 Å². The average molecular weight is 326 g/mol. The third kappa shape index (κ3) is 3.50. The van der Waals surface area contributed by atoms with Gasteiger partial charge in [-0.3, -0.25) is 9.59 Å². The van der Waals surface area contributed by atoms with E-state index in [2.05, 4.69) is 19.2 Å². The number of nitrogens with zero attached hydrogens (tertiary/aromatic N) is 1. The second kappa shape index (κ2) is 6.91. The minimum Gasteiger partial charge on any atom is -0.467 e. The van der Waals surface area contributed by atoms with Crippen molar-refractivity contribution in [3.05, 3.63) is 54.0 Å². The molecular weight excluding hydrogens is 304 g/mol. The molecule has 5 nitrogen and oxygen atoms in total. The summed E-state index contributed by atoms with van der Waals surface area (Å²) in [7, 11) is 0. The zero-order valence-electron chi connectivity index (χ0n) is 14.0. The molecule has 2 amide bonds. The molecule has 1 saturated heterocycles. The molecule has 2 heterocycles. The van der Waals surface area contributed by atoms with Gasteiger partial charge in [0, 0.05) is 18.7 Å². The predicted octanol–water partition coefficient (Wildman–Crippen LogP) is 3.07. The van der Waals surface area contributed by atoms with Gasteiger partial charge in [-0.05, 0) is 35.7 Å². The fourth-order valence-electron chi connectivity index (χ4n) is 2.90. The summed E-state index contributed by atoms with van der Waals surface area (Å²) in [6.07, 6.45) is 1.82. The van der Waals surface area contributed by atoms with Crippen LogP contribution in [0.4, 0.5) is 5.69 Å². The van der Waals surface area contributed by atoms with E-state index >= 15 is 0 Å². The van der Waals surface area contributed by atoms with Crippen LogP contribution in [-0.2, 0) is 16.1 Å². The van der Waals surface area contributed by atoms with Crippen molar-refractivity contribution in [3.63, 3.8) is 0 Å². The Balaban J connectivity index is 1.61. The summed E-state index contributed by atoms with van der Waals surface area (Å²) < 4.78 is 5.20. The van der Waals surface area contributed by atoms with E-state index in [1.165, 1.54) is 5.56 Å². The normalized spacial score (nSPS) is 17.5. The van der Waals surface area contributed by atoms with Gasteiger partial charge in [0.15, 0.2) is 0 Å². The Morgan fingerprint density at radius 3 is 2.67 bits per heavy atom. The van der Waals surface area contributed by atoms with Gasteiger partial charge in [-0.2, -0.15) is 0 Å². The third-order valence-electron chi connectivity index (χ3n) is 4.38. The number of amides is 2. The molecule has 1 aromatic heterocycles. The van der Waals surface area contributed by atoms with Gasteiger partial charge in [0.05, 0.1) is 18.7 Å². The molecule has 0 spiro atoms. The largest absolute Gasteiger partial charge is 0.467 e. The number of carbonyl (C=O) groups is 2. The lowest BCUT2D eigenvalue weighted by atomic mass is 10.0. The van der Waals surface area contributed by atoms with Crippen LogP contribution in [0.5, 0.6) is 0 Å². The third-order valence-corrected chi connectivity index (χ3v) is 4.38. The van der Waals surface area contributed by atoms with Crippen molar-refractivity contribution < 1.29 is 14.0 Å². The van der Waals surface area contributed by atoms with Gasteiger partial charge in [-0.15, -0.1) is 0 Å². The monoisotopic (exact) mass is 326 g/mol. The molecule has 0 unspecified atom stereocenters. The zero-order chi connectivity index (χ0) is 17.1. The molecule has 0 saturated carbocycles. The summed E-state index contributed by atoms with van der Waals surface area (Å²) in [5.41, 5.74) is 2.09. The molecule has 0 radical (unpaired) electrons. The van der Waals surface area contributed by atoms with Crippen LogP contribution < -0.4 is 10.2 Å². The highest BCUT2D eigenvalue weighted by atomic mass is 16.3. The van der Waals surface area contributed by atoms with Crippen LogP contribution in [-0.4, -0.2) is 18.4 Å². The summed E-state index contributed by atoms with van der Waals surface area (Å²) in [4.78, 5) is 26.2. The molecule has 1 aliphatic rings. The van der Waals surface area contributed by atoms with E-state index in [0.29, 0.717) is 24.8 Å². The highest BCUT2D eigenvalue weighted by Crippen LogP contribution is 2.27. The van der Waals surface area contributed by atoms with Crippen LogP contribution in [0, 0.1) is 5.92 Å². The Morgan fingerprint density at radius 1 is 1.29 bits per heavy atom. The quantitative estimate of drug-likeness (QED) is 0.918. The Bertz CT molecular complexity index is 705. The van der Waals surface area contributed by atoms with Crippen molar-refractivity contribution in [3.8, 4) is 0 Å². The van der Waals surface area contributed by atoms with E-state index in [4.69, 9.17) is 4.42 Å². The van der Waals surface area contributed by atoms with Crippen molar-refractivity contribution in [2.45, 2.75) is 32.7 Å². The van der Waals surface area contributed by atoms with Crippen LogP contribution in [0.3, 0.4) is 0 Å². The molecule has 126 valence electrons. The number of anilines is 1. The van der Waals surface area contributed by atoms with E-state index in [1.54, 1.807) is 17.2 Å². The van der Waals surface area contributed by atoms with Crippen LogP contribution >= 0.6 is 0 Å². The van der Waals surface area contributed by atoms with Gasteiger partial charge < -0.3 is 14.6 Å². The first-order valence-corrected chi connectivity index (χ1v) is 8.25. The summed E-state index contributed by atoms with van der Waals surface area (Å²) >= 11 is 0. The SMILES string of the molecule is CC(C)c1ccc(N2C[C@H](C(=O)NCc3ccco3)CC2=O)cc1. The molecule has 1 aromatic carbocycles. The minimum absolute atomic E-state index is 0.00885. The topological polar surface area (TPSA) is 62.6 Å². The molecule has 1 atom stereocenters. The van der Waals surface area contributed by atoms with Crippen LogP contribution in [0.25, 0.3) is 0 Å². The molecular formula is C19H22N2O3. The molecule has 1 aliphatic heterocycles. The van der Waals surface area contributed by atoms with Crippen molar-refractivity contribution in [1.82, 2.24) is 5.32 Å². The lowest BCUT2D eigenvalue weighted by molar-refractivity contribution is -0.126. The highest BCUT2D eigenvalue weighted by Gasteiger charge is 2.35. The molecule has 24 heavy (non-hydrogen) atoms. The first kappa shape index (κ1) is 16.3. The first-order valence-electron chi connectivity index (χ1n) is 8.25. The molecule has 1 N–H and O–H groups in total. The van der Waals surface area contributed by atoms with Crippen molar-refractivity contribution >= 4 is 17.5 Å². The minimum atomic E-state index is -0.322. The number of rotatable bonds is 5. The summed E-state index contributed by atoms with van der Waals surface area (Å²) in [5.74, 6) is 0.714. The number of nitrogens with one attached hydrogen (secondary N) is 1. The maximum absolute atomic E-state index is 12.3. The second-order valence-corrected chi connectivity index (χ2v) is 6.45. The number of furan rings is 1. The molecule has 5 heteroatoms. The maximum Gasteiger partial charge on any atom is 0.227 e. The van der Waals surface area contributed by atoms with Crippen molar-refractivity contribution in [2.75, 3.05) is 11.4 Å². The summed E-state index contributed by atoms with van der Waals surface area (Å²) in [5, 5.41) is 2.83. The van der Waals surface area contributed by atoms with Crippen molar-refractivity contribution in [1.29, 1.82) is 0 Å². The standard InChI is InChI=1S/C19H22N2O3/c1-13(2)14-5-7-16(8-6-14)21-12-15(10-18(21)22)19(23)20-11-17-4-3-9-24-17/h3-9,13,15H,10-12H2,1-2H3,(H,20,23)/t15-/m1/s1. The van der Waals surface area contributed by atoms with Crippen LogP contribution in [0.1, 0.15) is 37.5 Å². The number of hydrogen-bond acceptors (Lipinski definition) is 3. The smallest absolute Gasteiger partial charge is 0.227 e. The van der Waals surface area contributed by atoms with E-state index in [9.17, 15) is 9.59 Å². The van der Waals surface area contributed by atoms with Gasteiger partial charge in [-0.1, -0.05) is 26.0 Å². The number of benzene rings is 1. The van der Waals surface area contributed by atoms with Gasteiger partial charge in [0.2, 0.25) is 11.8 Å². The number of carbonyl (C=O) groups excluding carboxylic acids is 2. The van der Waals surface area contributed by atoms with Gasteiger partial charge in [0.1, 0.15) is 5.76 Å². The van der Waals surface area contributed by atoms with E-state index < -0.39 is 0 Å². The average Bonchev–Trinajstić information content (AvgIpc) is 3.22. The second-order valence-electron chi connectivity index (χ2n) is 6.45. The van der Waals surface area contributed by atoms with E-state index in [1.807, 2.05) is 30.3 Å². The summed E-state index contributed by atoms with van der Waals surface area (Å²) in [6, 6.07) is 11.6. The molecule has 3 rings (SSSR count). The lowest BCUT2D eigenvalue weighted by Crippen LogP contribution is -2.32. The molecule has 1 fully saturated rings. The fourth-order valence-corrected chi connectivity index (χ4v) is 2.90.